The summed E-state index contributed by atoms with van der Waals surface area (Å²) in [4.78, 5) is 12.2. The Labute approximate surface area is 141 Å². The van der Waals surface area contributed by atoms with Crippen LogP contribution in [-0.2, 0) is 0 Å². The Morgan fingerprint density at radius 3 is 2.52 bits per heavy atom. The number of rotatable bonds is 3. The van der Waals surface area contributed by atoms with E-state index in [0.717, 1.165) is 10.2 Å². The number of carbonyl (C=O) groups excluding carboxylic acids is 1. The second-order valence-corrected chi connectivity index (χ2v) is 8.30. The lowest BCUT2D eigenvalue weighted by molar-refractivity contribution is 0.102. The van der Waals surface area contributed by atoms with Crippen LogP contribution < -0.4 is 5.32 Å². The molecule has 1 amide bonds. The zero-order chi connectivity index (χ0) is 14.7. The molecule has 0 radical (unpaired) electrons. The number of amides is 1. The quantitative estimate of drug-likeness (QED) is 0.796. The van der Waals surface area contributed by atoms with Gasteiger partial charge in [-0.05, 0) is 42.0 Å². The van der Waals surface area contributed by atoms with Crippen LogP contribution in [0.25, 0.3) is 0 Å². The Morgan fingerprint density at radius 1 is 1.10 bits per heavy atom. The standard InChI is InChI=1S/C16H14BrNOS2/c17-13-6-4-11(5-7-13)15(19)18-14-3-1-2-12(10-14)16-20-8-9-21-16/h1-7,10,16H,8-9H2,(H,18,19). The normalized spacial score (nSPS) is 15.1. The Kier molecular flexibility index (Phi) is 4.93. The Bertz CT molecular complexity index is 639. The van der Waals surface area contributed by atoms with Gasteiger partial charge in [-0.1, -0.05) is 28.1 Å². The average Bonchev–Trinajstić information content (AvgIpc) is 3.02. The van der Waals surface area contributed by atoms with Crippen LogP contribution >= 0.6 is 39.5 Å². The summed E-state index contributed by atoms with van der Waals surface area (Å²) < 4.78 is 1.46. The molecule has 2 aromatic rings. The topological polar surface area (TPSA) is 29.1 Å². The van der Waals surface area contributed by atoms with Crippen molar-refractivity contribution < 1.29 is 4.79 Å². The van der Waals surface area contributed by atoms with Gasteiger partial charge in [0.2, 0.25) is 0 Å². The van der Waals surface area contributed by atoms with Crippen LogP contribution in [0.4, 0.5) is 5.69 Å². The van der Waals surface area contributed by atoms with Crippen molar-refractivity contribution in [1.82, 2.24) is 0 Å². The van der Waals surface area contributed by atoms with Gasteiger partial charge in [0.1, 0.15) is 0 Å². The third kappa shape index (κ3) is 3.84. The van der Waals surface area contributed by atoms with Crippen molar-refractivity contribution in [3.63, 3.8) is 0 Å². The molecule has 1 saturated heterocycles. The highest BCUT2D eigenvalue weighted by molar-refractivity contribution is 9.10. The number of benzene rings is 2. The van der Waals surface area contributed by atoms with Crippen LogP contribution in [0.15, 0.2) is 53.0 Å². The maximum Gasteiger partial charge on any atom is 0.255 e. The van der Waals surface area contributed by atoms with Gasteiger partial charge < -0.3 is 5.32 Å². The lowest BCUT2D eigenvalue weighted by atomic mass is 10.2. The summed E-state index contributed by atoms with van der Waals surface area (Å²) in [6, 6.07) is 15.5. The van der Waals surface area contributed by atoms with Gasteiger partial charge in [-0.15, -0.1) is 23.5 Å². The summed E-state index contributed by atoms with van der Waals surface area (Å²) in [5.74, 6) is 2.32. The van der Waals surface area contributed by atoms with Crippen molar-refractivity contribution >= 4 is 51.0 Å². The molecular formula is C16H14BrNOS2. The van der Waals surface area contributed by atoms with Gasteiger partial charge in [0.05, 0.1) is 4.58 Å². The van der Waals surface area contributed by atoms with Crippen LogP contribution in [0, 0.1) is 0 Å². The third-order valence-electron chi connectivity index (χ3n) is 3.14. The van der Waals surface area contributed by atoms with E-state index in [-0.39, 0.29) is 5.91 Å². The minimum absolute atomic E-state index is 0.0774. The molecule has 0 atom stereocenters. The molecule has 21 heavy (non-hydrogen) atoms. The first-order valence-corrected chi connectivity index (χ1v) is 9.51. The number of nitrogens with one attached hydrogen (secondary N) is 1. The summed E-state index contributed by atoms with van der Waals surface area (Å²) in [6.07, 6.45) is 0. The van der Waals surface area contributed by atoms with Gasteiger partial charge in [0, 0.05) is 27.2 Å². The monoisotopic (exact) mass is 379 g/mol. The van der Waals surface area contributed by atoms with Crippen molar-refractivity contribution in [2.75, 3.05) is 16.8 Å². The van der Waals surface area contributed by atoms with Crippen molar-refractivity contribution in [3.8, 4) is 0 Å². The molecule has 108 valence electrons. The predicted octanol–water partition coefficient (Wildman–Crippen LogP) is 5.18. The van der Waals surface area contributed by atoms with E-state index in [1.807, 2.05) is 59.9 Å². The fraction of sp³-hybridized carbons (Fsp3) is 0.188. The fourth-order valence-corrected chi connectivity index (χ4v) is 5.22. The van der Waals surface area contributed by atoms with E-state index in [9.17, 15) is 4.79 Å². The number of anilines is 1. The van der Waals surface area contributed by atoms with Gasteiger partial charge in [-0.2, -0.15) is 0 Å². The summed E-state index contributed by atoms with van der Waals surface area (Å²) in [5, 5.41) is 2.97. The SMILES string of the molecule is O=C(Nc1cccc(C2SCCS2)c1)c1ccc(Br)cc1. The molecule has 0 aromatic heterocycles. The zero-order valence-electron chi connectivity index (χ0n) is 11.2. The molecule has 0 unspecified atom stereocenters. The maximum absolute atomic E-state index is 12.2. The van der Waals surface area contributed by atoms with E-state index in [1.165, 1.54) is 17.1 Å². The first-order valence-electron chi connectivity index (χ1n) is 6.62. The van der Waals surface area contributed by atoms with E-state index in [1.54, 1.807) is 0 Å². The second kappa shape index (κ2) is 6.90. The fourth-order valence-electron chi connectivity index (χ4n) is 2.12. The minimum Gasteiger partial charge on any atom is -0.322 e. The van der Waals surface area contributed by atoms with E-state index in [2.05, 4.69) is 33.4 Å². The molecule has 1 aliphatic rings. The predicted molar refractivity (Wildman–Crippen MR) is 96.2 cm³/mol. The smallest absolute Gasteiger partial charge is 0.255 e. The number of carbonyl (C=O) groups is 1. The second-order valence-electron chi connectivity index (χ2n) is 4.66. The Hall–Kier alpha value is -0.910. The number of hydrogen-bond acceptors (Lipinski definition) is 3. The lowest BCUT2D eigenvalue weighted by Crippen LogP contribution is -2.11. The lowest BCUT2D eigenvalue weighted by Gasteiger charge is -2.11. The molecule has 0 saturated carbocycles. The Morgan fingerprint density at radius 2 is 1.81 bits per heavy atom. The summed E-state index contributed by atoms with van der Waals surface area (Å²) in [5.41, 5.74) is 2.79. The molecule has 0 aliphatic carbocycles. The van der Waals surface area contributed by atoms with Crippen LogP contribution in [-0.4, -0.2) is 17.4 Å². The molecule has 2 nitrogen and oxygen atoms in total. The van der Waals surface area contributed by atoms with Crippen molar-refractivity contribution in [2.45, 2.75) is 4.58 Å². The van der Waals surface area contributed by atoms with Gasteiger partial charge in [0.25, 0.3) is 5.91 Å². The number of hydrogen-bond donors (Lipinski definition) is 1. The molecule has 1 aliphatic heterocycles. The minimum atomic E-state index is -0.0774. The highest BCUT2D eigenvalue weighted by atomic mass is 79.9. The molecule has 0 bridgehead atoms. The highest BCUT2D eigenvalue weighted by Gasteiger charge is 2.18. The summed E-state index contributed by atoms with van der Waals surface area (Å²) in [7, 11) is 0. The van der Waals surface area contributed by atoms with Crippen LogP contribution in [0.1, 0.15) is 20.5 Å². The van der Waals surface area contributed by atoms with Gasteiger partial charge in [0.15, 0.2) is 0 Å². The molecule has 0 spiro atoms. The summed E-state index contributed by atoms with van der Waals surface area (Å²) in [6.45, 7) is 0. The molecule has 2 aromatic carbocycles. The van der Waals surface area contributed by atoms with Gasteiger partial charge in [-0.3, -0.25) is 4.79 Å². The Balaban J connectivity index is 1.73. The van der Waals surface area contributed by atoms with Crippen LogP contribution in [0.3, 0.4) is 0 Å². The van der Waals surface area contributed by atoms with Crippen LogP contribution in [0.2, 0.25) is 0 Å². The molecular weight excluding hydrogens is 366 g/mol. The van der Waals surface area contributed by atoms with E-state index in [0.29, 0.717) is 10.1 Å². The van der Waals surface area contributed by atoms with Crippen LogP contribution in [0.5, 0.6) is 0 Å². The largest absolute Gasteiger partial charge is 0.322 e. The van der Waals surface area contributed by atoms with Gasteiger partial charge in [-0.25, -0.2) is 0 Å². The molecule has 1 fully saturated rings. The molecule has 3 rings (SSSR count). The van der Waals surface area contributed by atoms with Crippen molar-refractivity contribution in [1.29, 1.82) is 0 Å². The van der Waals surface area contributed by atoms with E-state index < -0.39 is 0 Å². The first kappa shape index (κ1) is 15.0. The maximum atomic E-state index is 12.2. The average molecular weight is 380 g/mol. The molecule has 1 heterocycles. The number of thioether (sulfide) groups is 2. The summed E-state index contributed by atoms with van der Waals surface area (Å²) >= 11 is 7.30. The first-order chi connectivity index (χ1) is 10.2. The van der Waals surface area contributed by atoms with Gasteiger partial charge >= 0.3 is 0 Å². The van der Waals surface area contributed by atoms with Crippen molar-refractivity contribution in [3.05, 3.63) is 64.1 Å². The molecule has 5 heteroatoms. The zero-order valence-corrected chi connectivity index (χ0v) is 14.4. The highest BCUT2D eigenvalue weighted by Crippen LogP contribution is 2.45. The molecule has 1 N–H and O–H groups in total. The van der Waals surface area contributed by atoms with E-state index in [4.69, 9.17) is 0 Å². The van der Waals surface area contributed by atoms with E-state index >= 15 is 0 Å². The number of halogens is 1. The van der Waals surface area contributed by atoms with Crippen molar-refractivity contribution in [2.24, 2.45) is 0 Å². The third-order valence-corrected chi connectivity index (χ3v) is 6.78.